The molecule has 1 N–H and O–H groups in total. The standard InChI is InChI=1S/C14H24N2/c1-4-5-6-10-16-14(12(2)3)13-8-7-9-15-11-13/h7-9,11-12,14,16H,4-6,10H2,1-3H3. The minimum Gasteiger partial charge on any atom is -0.310 e. The van der Waals surface area contributed by atoms with Crippen LogP contribution in [0.1, 0.15) is 51.6 Å². The molecule has 0 amide bonds. The van der Waals surface area contributed by atoms with Gasteiger partial charge in [0.1, 0.15) is 0 Å². The summed E-state index contributed by atoms with van der Waals surface area (Å²) in [6.07, 6.45) is 7.65. The van der Waals surface area contributed by atoms with E-state index in [1.165, 1.54) is 24.8 Å². The van der Waals surface area contributed by atoms with Crippen molar-refractivity contribution in [2.45, 2.75) is 46.1 Å². The van der Waals surface area contributed by atoms with Gasteiger partial charge in [0.15, 0.2) is 0 Å². The molecule has 1 rings (SSSR count). The molecular formula is C14H24N2. The van der Waals surface area contributed by atoms with Crippen LogP contribution >= 0.6 is 0 Å². The van der Waals surface area contributed by atoms with Crippen molar-refractivity contribution in [2.24, 2.45) is 5.92 Å². The summed E-state index contributed by atoms with van der Waals surface area (Å²) >= 11 is 0. The van der Waals surface area contributed by atoms with Crippen LogP contribution in [0.5, 0.6) is 0 Å². The lowest BCUT2D eigenvalue weighted by molar-refractivity contribution is 0.405. The molecule has 1 atom stereocenters. The topological polar surface area (TPSA) is 24.9 Å². The molecule has 0 saturated heterocycles. The summed E-state index contributed by atoms with van der Waals surface area (Å²) in [6, 6.07) is 4.61. The van der Waals surface area contributed by atoms with Crippen molar-refractivity contribution in [1.82, 2.24) is 10.3 Å². The average molecular weight is 220 g/mol. The first-order chi connectivity index (χ1) is 7.75. The van der Waals surface area contributed by atoms with Gasteiger partial charge < -0.3 is 5.32 Å². The van der Waals surface area contributed by atoms with E-state index in [0.717, 1.165) is 6.54 Å². The molecule has 0 saturated carbocycles. The third-order valence-electron chi connectivity index (χ3n) is 2.85. The monoisotopic (exact) mass is 220 g/mol. The third-order valence-corrected chi connectivity index (χ3v) is 2.85. The molecule has 0 aliphatic rings. The van der Waals surface area contributed by atoms with E-state index in [2.05, 4.69) is 37.1 Å². The molecule has 2 heteroatoms. The van der Waals surface area contributed by atoms with Gasteiger partial charge in [0, 0.05) is 18.4 Å². The molecule has 0 bridgehead atoms. The van der Waals surface area contributed by atoms with Crippen LogP contribution in [-0.4, -0.2) is 11.5 Å². The van der Waals surface area contributed by atoms with E-state index in [4.69, 9.17) is 0 Å². The fraction of sp³-hybridized carbons (Fsp3) is 0.643. The summed E-state index contributed by atoms with van der Waals surface area (Å²) in [6.45, 7) is 7.85. The lowest BCUT2D eigenvalue weighted by atomic mass is 9.97. The smallest absolute Gasteiger partial charge is 0.0358 e. The number of nitrogens with one attached hydrogen (secondary N) is 1. The average Bonchev–Trinajstić information content (AvgIpc) is 2.30. The van der Waals surface area contributed by atoms with Crippen molar-refractivity contribution in [3.63, 3.8) is 0 Å². The molecule has 0 fully saturated rings. The van der Waals surface area contributed by atoms with E-state index < -0.39 is 0 Å². The molecule has 1 heterocycles. The Bertz CT molecular complexity index is 269. The van der Waals surface area contributed by atoms with Gasteiger partial charge in [0.05, 0.1) is 0 Å². The van der Waals surface area contributed by atoms with E-state index >= 15 is 0 Å². The van der Waals surface area contributed by atoms with Gasteiger partial charge >= 0.3 is 0 Å². The largest absolute Gasteiger partial charge is 0.310 e. The van der Waals surface area contributed by atoms with E-state index in [9.17, 15) is 0 Å². The Balaban J connectivity index is 2.49. The zero-order chi connectivity index (χ0) is 11.8. The van der Waals surface area contributed by atoms with Crippen LogP contribution in [0.2, 0.25) is 0 Å². The highest BCUT2D eigenvalue weighted by Gasteiger charge is 2.14. The molecule has 0 aromatic carbocycles. The minimum absolute atomic E-state index is 0.436. The van der Waals surface area contributed by atoms with E-state index in [0.29, 0.717) is 12.0 Å². The molecular weight excluding hydrogens is 196 g/mol. The van der Waals surface area contributed by atoms with Crippen LogP contribution < -0.4 is 5.32 Å². The second kappa shape index (κ2) is 7.39. The second-order valence-corrected chi connectivity index (χ2v) is 4.67. The summed E-state index contributed by atoms with van der Waals surface area (Å²) in [5.74, 6) is 0.603. The second-order valence-electron chi connectivity index (χ2n) is 4.67. The van der Waals surface area contributed by atoms with Crippen molar-refractivity contribution < 1.29 is 0 Å². The van der Waals surface area contributed by atoms with Crippen LogP contribution in [0.25, 0.3) is 0 Å². The lowest BCUT2D eigenvalue weighted by Gasteiger charge is -2.22. The highest BCUT2D eigenvalue weighted by Crippen LogP contribution is 2.20. The summed E-state index contributed by atoms with van der Waals surface area (Å²) in [7, 11) is 0. The molecule has 1 unspecified atom stereocenters. The Hall–Kier alpha value is -0.890. The van der Waals surface area contributed by atoms with Crippen LogP contribution in [0.4, 0.5) is 0 Å². The van der Waals surface area contributed by atoms with Crippen molar-refractivity contribution in [3.8, 4) is 0 Å². The van der Waals surface area contributed by atoms with Crippen LogP contribution in [0, 0.1) is 5.92 Å². The van der Waals surface area contributed by atoms with Crippen LogP contribution in [0.15, 0.2) is 24.5 Å². The molecule has 0 radical (unpaired) electrons. The molecule has 0 spiro atoms. The van der Waals surface area contributed by atoms with Crippen LogP contribution in [-0.2, 0) is 0 Å². The summed E-state index contributed by atoms with van der Waals surface area (Å²) in [4.78, 5) is 4.19. The Labute approximate surface area is 99.5 Å². The predicted octanol–water partition coefficient (Wildman–Crippen LogP) is 3.56. The fourth-order valence-corrected chi connectivity index (χ4v) is 1.93. The maximum absolute atomic E-state index is 4.19. The summed E-state index contributed by atoms with van der Waals surface area (Å²) in [5.41, 5.74) is 1.30. The van der Waals surface area contributed by atoms with Gasteiger partial charge in [-0.2, -0.15) is 0 Å². The predicted molar refractivity (Wildman–Crippen MR) is 69.3 cm³/mol. The van der Waals surface area contributed by atoms with E-state index in [1.54, 1.807) is 0 Å². The highest BCUT2D eigenvalue weighted by atomic mass is 14.9. The first-order valence-electron chi connectivity index (χ1n) is 6.39. The SMILES string of the molecule is CCCCCNC(c1cccnc1)C(C)C. The maximum Gasteiger partial charge on any atom is 0.0358 e. The molecule has 0 aliphatic carbocycles. The van der Waals surface area contributed by atoms with Gasteiger partial charge in [-0.3, -0.25) is 4.98 Å². The molecule has 2 nitrogen and oxygen atoms in total. The Morgan fingerprint density at radius 1 is 1.31 bits per heavy atom. The Kier molecular flexibility index (Phi) is 6.09. The quantitative estimate of drug-likeness (QED) is 0.711. The summed E-state index contributed by atoms with van der Waals surface area (Å²) < 4.78 is 0. The minimum atomic E-state index is 0.436. The van der Waals surface area contributed by atoms with Gasteiger partial charge in [0.25, 0.3) is 0 Å². The normalized spacial score (nSPS) is 13.0. The zero-order valence-corrected chi connectivity index (χ0v) is 10.7. The first-order valence-corrected chi connectivity index (χ1v) is 6.39. The number of pyridine rings is 1. The maximum atomic E-state index is 4.19. The van der Waals surface area contributed by atoms with Crippen molar-refractivity contribution in [3.05, 3.63) is 30.1 Å². The third kappa shape index (κ3) is 4.31. The number of hydrogen-bond donors (Lipinski definition) is 1. The Morgan fingerprint density at radius 2 is 2.12 bits per heavy atom. The number of rotatable bonds is 7. The lowest BCUT2D eigenvalue weighted by Crippen LogP contribution is -2.26. The number of nitrogens with zero attached hydrogens (tertiary/aromatic N) is 1. The number of unbranched alkanes of at least 4 members (excludes halogenated alkanes) is 2. The van der Waals surface area contributed by atoms with E-state index in [-0.39, 0.29) is 0 Å². The number of hydrogen-bond acceptors (Lipinski definition) is 2. The Morgan fingerprint density at radius 3 is 2.69 bits per heavy atom. The van der Waals surface area contributed by atoms with Gasteiger partial charge in [-0.25, -0.2) is 0 Å². The van der Waals surface area contributed by atoms with Crippen LogP contribution in [0.3, 0.4) is 0 Å². The summed E-state index contributed by atoms with van der Waals surface area (Å²) in [5, 5.41) is 3.63. The fourth-order valence-electron chi connectivity index (χ4n) is 1.93. The molecule has 90 valence electrons. The molecule has 1 aromatic heterocycles. The van der Waals surface area contributed by atoms with Crippen molar-refractivity contribution >= 4 is 0 Å². The van der Waals surface area contributed by atoms with Gasteiger partial charge in [-0.05, 0) is 30.5 Å². The van der Waals surface area contributed by atoms with Gasteiger partial charge in [-0.15, -0.1) is 0 Å². The first kappa shape index (κ1) is 13.2. The molecule has 1 aromatic rings. The zero-order valence-electron chi connectivity index (χ0n) is 10.7. The highest BCUT2D eigenvalue weighted by molar-refractivity contribution is 5.14. The number of aromatic nitrogens is 1. The van der Waals surface area contributed by atoms with E-state index in [1.807, 2.05) is 18.5 Å². The molecule has 16 heavy (non-hydrogen) atoms. The van der Waals surface area contributed by atoms with Crippen molar-refractivity contribution in [1.29, 1.82) is 0 Å². The van der Waals surface area contributed by atoms with Gasteiger partial charge in [-0.1, -0.05) is 39.7 Å². The van der Waals surface area contributed by atoms with Gasteiger partial charge in [0.2, 0.25) is 0 Å². The molecule has 0 aliphatic heterocycles. The van der Waals surface area contributed by atoms with Crippen molar-refractivity contribution in [2.75, 3.05) is 6.54 Å².